The molecule has 0 spiro atoms. The summed E-state index contributed by atoms with van der Waals surface area (Å²) in [6.45, 7) is 3.74. The summed E-state index contributed by atoms with van der Waals surface area (Å²) >= 11 is 0. The van der Waals surface area contributed by atoms with Crippen LogP contribution in [0, 0.1) is 0 Å². The van der Waals surface area contributed by atoms with Gasteiger partial charge in [0.25, 0.3) is 0 Å². The molecule has 0 bridgehead atoms. The molecule has 0 aliphatic rings. The summed E-state index contributed by atoms with van der Waals surface area (Å²) in [6, 6.07) is 0. The summed E-state index contributed by atoms with van der Waals surface area (Å²) in [4.78, 5) is 7.97. The first-order valence-electron chi connectivity index (χ1n) is 3.60. The predicted octanol–water partition coefficient (Wildman–Crippen LogP) is 0.168. The van der Waals surface area contributed by atoms with Gasteiger partial charge in [-0.2, -0.15) is 0 Å². The number of nitrogen functional groups attached to an aromatic ring is 1. The molecule has 0 aromatic carbocycles. The van der Waals surface area contributed by atoms with E-state index < -0.39 is 0 Å². The van der Waals surface area contributed by atoms with Gasteiger partial charge in [0, 0.05) is 6.54 Å². The van der Waals surface area contributed by atoms with E-state index in [1.54, 1.807) is 12.4 Å². The fourth-order valence-corrected chi connectivity index (χ4v) is 0.709. The zero-order valence-corrected chi connectivity index (χ0v) is 6.54. The quantitative estimate of drug-likeness (QED) is 0.648. The Kier molecular flexibility index (Phi) is 2.80. The van der Waals surface area contributed by atoms with Crippen LogP contribution < -0.4 is 11.1 Å². The van der Waals surface area contributed by atoms with Crippen LogP contribution in [0.25, 0.3) is 0 Å². The van der Waals surface area contributed by atoms with Crippen LogP contribution in [0.15, 0.2) is 12.4 Å². The van der Waals surface area contributed by atoms with Crippen LogP contribution in [0.4, 0.5) is 5.82 Å². The Hall–Kier alpha value is -1.16. The second kappa shape index (κ2) is 3.88. The molecule has 60 valence electrons. The van der Waals surface area contributed by atoms with Crippen molar-refractivity contribution in [2.45, 2.75) is 13.5 Å². The molecule has 3 N–H and O–H groups in total. The van der Waals surface area contributed by atoms with Gasteiger partial charge in [0.15, 0.2) is 0 Å². The molecule has 0 aliphatic carbocycles. The van der Waals surface area contributed by atoms with Gasteiger partial charge in [0.2, 0.25) is 0 Å². The van der Waals surface area contributed by atoms with Crippen molar-refractivity contribution < 1.29 is 0 Å². The molecular weight excluding hydrogens is 140 g/mol. The van der Waals surface area contributed by atoms with Crippen molar-refractivity contribution in [3.63, 3.8) is 0 Å². The van der Waals surface area contributed by atoms with Crippen LogP contribution in [-0.4, -0.2) is 16.5 Å². The lowest BCUT2D eigenvalue weighted by Gasteiger charge is -1.99. The SMILES string of the molecule is CCNCc1cnc(N)cn1. The van der Waals surface area contributed by atoms with E-state index >= 15 is 0 Å². The van der Waals surface area contributed by atoms with Gasteiger partial charge in [-0.15, -0.1) is 0 Å². The van der Waals surface area contributed by atoms with Crippen LogP contribution in [0.1, 0.15) is 12.6 Å². The summed E-state index contributed by atoms with van der Waals surface area (Å²) in [5.74, 6) is 0.463. The number of anilines is 1. The van der Waals surface area contributed by atoms with Crippen molar-refractivity contribution in [2.75, 3.05) is 12.3 Å². The maximum Gasteiger partial charge on any atom is 0.141 e. The zero-order valence-electron chi connectivity index (χ0n) is 6.54. The molecule has 1 rings (SSSR count). The summed E-state index contributed by atoms with van der Waals surface area (Å²) in [5.41, 5.74) is 6.28. The molecule has 0 aliphatic heterocycles. The third-order valence-corrected chi connectivity index (χ3v) is 1.28. The summed E-state index contributed by atoms with van der Waals surface area (Å²) in [7, 11) is 0. The Labute approximate surface area is 65.9 Å². The molecule has 0 atom stereocenters. The first-order chi connectivity index (χ1) is 5.33. The van der Waals surface area contributed by atoms with Crippen molar-refractivity contribution in [3.05, 3.63) is 18.1 Å². The normalized spacial score (nSPS) is 9.91. The average molecular weight is 152 g/mol. The molecule has 1 aromatic rings. The average Bonchev–Trinajstić information content (AvgIpc) is 2.04. The van der Waals surface area contributed by atoms with E-state index in [1.165, 1.54) is 0 Å². The second-order valence-corrected chi connectivity index (χ2v) is 2.21. The monoisotopic (exact) mass is 152 g/mol. The highest BCUT2D eigenvalue weighted by Gasteiger charge is 1.92. The summed E-state index contributed by atoms with van der Waals surface area (Å²) in [6.07, 6.45) is 3.24. The first kappa shape index (κ1) is 7.94. The lowest BCUT2D eigenvalue weighted by Crippen LogP contribution is -2.13. The highest BCUT2D eigenvalue weighted by molar-refractivity contribution is 5.22. The minimum Gasteiger partial charge on any atom is -0.382 e. The van der Waals surface area contributed by atoms with Gasteiger partial charge in [0.05, 0.1) is 18.1 Å². The van der Waals surface area contributed by atoms with Crippen molar-refractivity contribution in [1.29, 1.82) is 0 Å². The molecule has 0 saturated carbocycles. The third kappa shape index (κ3) is 2.51. The van der Waals surface area contributed by atoms with Crippen LogP contribution in [0.5, 0.6) is 0 Å². The van der Waals surface area contributed by atoms with Crippen molar-refractivity contribution in [1.82, 2.24) is 15.3 Å². The van der Waals surface area contributed by atoms with Gasteiger partial charge in [-0.25, -0.2) is 4.98 Å². The Morgan fingerprint density at radius 3 is 2.82 bits per heavy atom. The van der Waals surface area contributed by atoms with Gasteiger partial charge in [-0.05, 0) is 6.54 Å². The van der Waals surface area contributed by atoms with Gasteiger partial charge in [0.1, 0.15) is 5.82 Å². The van der Waals surface area contributed by atoms with E-state index in [1.807, 2.05) is 6.92 Å². The van der Waals surface area contributed by atoms with Gasteiger partial charge in [-0.1, -0.05) is 6.92 Å². The Morgan fingerprint density at radius 1 is 1.45 bits per heavy atom. The maximum atomic E-state index is 5.36. The highest BCUT2D eigenvalue weighted by atomic mass is 14.9. The van der Waals surface area contributed by atoms with Crippen molar-refractivity contribution in [2.24, 2.45) is 0 Å². The number of nitrogens with one attached hydrogen (secondary N) is 1. The van der Waals surface area contributed by atoms with Crippen molar-refractivity contribution >= 4 is 5.82 Å². The van der Waals surface area contributed by atoms with Gasteiger partial charge in [-0.3, -0.25) is 4.98 Å². The number of hydrogen-bond donors (Lipinski definition) is 2. The number of nitrogens with two attached hydrogens (primary N) is 1. The fraction of sp³-hybridized carbons (Fsp3) is 0.429. The van der Waals surface area contributed by atoms with Crippen LogP contribution >= 0.6 is 0 Å². The Balaban J connectivity index is 2.52. The van der Waals surface area contributed by atoms with E-state index in [0.29, 0.717) is 5.82 Å². The molecule has 1 aromatic heterocycles. The molecule has 1 heterocycles. The first-order valence-corrected chi connectivity index (χ1v) is 3.60. The summed E-state index contributed by atoms with van der Waals surface area (Å²) < 4.78 is 0. The standard InChI is InChI=1S/C7H12N4/c1-2-9-3-6-4-11-7(8)5-10-6/h4-5,9H,2-3H2,1H3,(H2,8,11). The molecule has 11 heavy (non-hydrogen) atoms. The molecule has 0 fully saturated rings. The molecule has 0 amide bonds. The topological polar surface area (TPSA) is 63.8 Å². The Bertz CT molecular complexity index is 206. The molecule has 4 nitrogen and oxygen atoms in total. The molecular formula is C7H12N4. The van der Waals surface area contributed by atoms with Crippen LogP contribution in [0.2, 0.25) is 0 Å². The predicted molar refractivity (Wildman–Crippen MR) is 43.8 cm³/mol. The maximum absolute atomic E-state index is 5.36. The van der Waals surface area contributed by atoms with Crippen LogP contribution in [-0.2, 0) is 6.54 Å². The molecule has 4 heteroatoms. The van der Waals surface area contributed by atoms with E-state index in [2.05, 4.69) is 15.3 Å². The van der Waals surface area contributed by atoms with E-state index in [9.17, 15) is 0 Å². The van der Waals surface area contributed by atoms with E-state index in [-0.39, 0.29) is 0 Å². The van der Waals surface area contributed by atoms with E-state index in [0.717, 1.165) is 18.8 Å². The number of nitrogens with zero attached hydrogens (tertiary/aromatic N) is 2. The van der Waals surface area contributed by atoms with Gasteiger partial charge >= 0.3 is 0 Å². The minimum absolute atomic E-state index is 0.463. The van der Waals surface area contributed by atoms with Crippen LogP contribution in [0.3, 0.4) is 0 Å². The van der Waals surface area contributed by atoms with E-state index in [4.69, 9.17) is 5.73 Å². The molecule has 0 saturated heterocycles. The number of rotatable bonds is 3. The lowest BCUT2D eigenvalue weighted by atomic mass is 10.4. The molecule has 0 radical (unpaired) electrons. The number of hydrogen-bond acceptors (Lipinski definition) is 4. The zero-order chi connectivity index (χ0) is 8.10. The smallest absolute Gasteiger partial charge is 0.141 e. The van der Waals surface area contributed by atoms with Gasteiger partial charge < -0.3 is 11.1 Å². The highest BCUT2D eigenvalue weighted by Crippen LogP contribution is 1.94. The number of aromatic nitrogens is 2. The Morgan fingerprint density at radius 2 is 2.27 bits per heavy atom. The van der Waals surface area contributed by atoms with Crippen molar-refractivity contribution in [3.8, 4) is 0 Å². The molecule has 0 unspecified atom stereocenters. The minimum atomic E-state index is 0.463. The largest absolute Gasteiger partial charge is 0.382 e. The lowest BCUT2D eigenvalue weighted by molar-refractivity contribution is 0.707. The summed E-state index contributed by atoms with van der Waals surface area (Å²) in [5, 5.41) is 3.14. The second-order valence-electron chi connectivity index (χ2n) is 2.21. The fourth-order valence-electron chi connectivity index (χ4n) is 0.709. The third-order valence-electron chi connectivity index (χ3n) is 1.28.